The van der Waals surface area contributed by atoms with Crippen molar-refractivity contribution in [3.05, 3.63) is 133 Å². The van der Waals surface area contributed by atoms with Crippen molar-refractivity contribution in [1.82, 2.24) is 19.5 Å². The van der Waals surface area contributed by atoms with E-state index in [0.717, 1.165) is 110 Å². The van der Waals surface area contributed by atoms with Crippen LogP contribution in [0, 0.1) is 0 Å². The Hall–Kier alpha value is -7.25. The normalized spacial score (nSPS) is 12.6. The van der Waals surface area contributed by atoms with E-state index in [4.69, 9.17) is 28.2 Å². The molecule has 0 fully saturated rings. The second-order valence-electron chi connectivity index (χ2n) is 13.5. The number of rotatable bonds is 3. The highest BCUT2D eigenvalue weighted by molar-refractivity contribution is 6.43. The lowest BCUT2D eigenvalue weighted by atomic mass is 9.93. The fraction of sp³-hybridized carbons (Fsp3) is 0. The van der Waals surface area contributed by atoms with Crippen LogP contribution in [0.1, 0.15) is 0 Å². The van der Waals surface area contributed by atoms with Gasteiger partial charge in [0.25, 0.3) is 0 Å². The number of aromatic nitrogens is 4. The fourth-order valence-electron chi connectivity index (χ4n) is 8.67. The fourth-order valence-corrected chi connectivity index (χ4v) is 8.67. The lowest BCUT2D eigenvalue weighted by Crippen LogP contribution is -2.06. The first kappa shape index (κ1) is 26.6. The molecule has 13 aromatic rings. The van der Waals surface area contributed by atoms with Crippen molar-refractivity contribution >= 4 is 98.4 Å². The van der Waals surface area contributed by atoms with Crippen LogP contribution in [0.5, 0.6) is 0 Å². The summed E-state index contributed by atoms with van der Waals surface area (Å²) in [5.41, 5.74) is 8.67. The molecule has 0 saturated carbocycles. The van der Waals surface area contributed by atoms with E-state index in [-0.39, 0.29) is 0 Å². The van der Waals surface area contributed by atoms with Gasteiger partial charge in [-0.3, -0.25) is 4.57 Å². The zero-order valence-electron chi connectivity index (χ0n) is 27.2. The van der Waals surface area contributed by atoms with E-state index in [9.17, 15) is 0 Å². The first-order chi connectivity index (χ1) is 25.8. The van der Waals surface area contributed by atoms with Crippen molar-refractivity contribution in [2.75, 3.05) is 0 Å². The van der Waals surface area contributed by atoms with Gasteiger partial charge in [-0.1, -0.05) is 91.0 Å². The van der Waals surface area contributed by atoms with E-state index in [1.807, 2.05) is 78.9 Å². The van der Waals surface area contributed by atoms with Crippen molar-refractivity contribution in [1.29, 1.82) is 0 Å². The van der Waals surface area contributed by atoms with Gasteiger partial charge in [-0.25, -0.2) is 4.98 Å². The zero-order valence-corrected chi connectivity index (χ0v) is 27.2. The van der Waals surface area contributed by atoms with Gasteiger partial charge >= 0.3 is 0 Å². The van der Waals surface area contributed by atoms with Crippen molar-refractivity contribution in [3.8, 4) is 28.7 Å². The molecule has 7 heteroatoms. The summed E-state index contributed by atoms with van der Waals surface area (Å²) in [6.45, 7) is 0. The predicted molar refractivity (Wildman–Crippen MR) is 207 cm³/mol. The Labute approximate surface area is 292 Å². The van der Waals surface area contributed by atoms with E-state index in [1.165, 1.54) is 0 Å². The highest BCUT2D eigenvalue weighted by Gasteiger charge is 2.28. The quantitative estimate of drug-likeness (QED) is 0.187. The Kier molecular flexibility index (Phi) is 4.75. The molecule has 0 aliphatic rings. The van der Waals surface area contributed by atoms with Crippen LogP contribution in [-0.4, -0.2) is 19.5 Å². The summed E-state index contributed by atoms with van der Waals surface area (Å²) in [7, 11) is 0. The van der Waals surface area contributed by atoms with Crippen LogP contribution < -0.4 is 0 Å². The van der Waals surface area contributed by atoms with Crippen LogP contribution >= 0.6 is 0 Å². The maximum absolute atomic E-state index is 6.94. The summed E-state index contributed by atoms with van der Waals surface area (Å²) in [5, 5.41) is 10.5. The van der Waals surface area contributed by atoms with Gasteiger partial charge in [-0.05, 0) is 53.2 Å². The Morgan fingerprint density at radius 1 is 0.365 bits per heavy atom. The number of nitrogens with zero attached hydrogens (tertiary/aromatic N) is 4. The molecule has 0 radical (unpaired) electrons. The van der Waals surface area contributed by atoms with Gasteiger partial charge in [-0.15, -0.1) is 0 Å². The smallest absolute Gasteiger partial charge is 0.238 e. The maximum atomic E-state index is 6.94. The van der Waals surface area contributed by atoms with Gasteiger partial charge in [0.2, 0.25) is 5.95 Å². The number of hydrogen-bond acceptors (Lipinski definition) is 6. The largest absolute Gasteiger partial charge is 0.456 e. The van der Waals surface area contributed by atoms with Crippen molar-refractivity contribution < 1.29 is 13.3 Å². The Morgan fingerprint density at radius 2 is 0.942 bits per heavy atom. The molecular formula is C45H22N4O3. The predicted octanol–water partition coefficient (Wildman–Crippen LogP) is 12.0. The second kappa shape index (κ2) is 9.29. The van der Waals surface area contributed by atoms with Crippen LogP contribution in [0.25, 0.3) is 127 Å². The van der Waals surface area contributed by atoms with Crippen molar-refractivity contribution in [2.45, 2.75) is 0 Å². The van der Waals surface area contributed by atoms with E-state index in [2.05, 4.69) is 59.2 Å². The zero-order chi connectivity index (χ0) is 33.7. The van der Waals surface area contributed by atoms with Gasteiger partial charge in [0.15, 0.2) is 11.6 Å². The molecule has 8 aromatic carbocycles. The molecule has 7 nitrogen and oxygen atoms in total. The molecule has 0 spiro atoms. The number of benzene rings is 7. The molecule has 0 N–H and O–H groups in total. The molecule has 13 rings (SSSR count). The molecule has 240 valence electrons. The summed E-state index contributed by atoms with van der Waals surface area (Å²) in [6, 6.07) is 45.3. The minimum absolute atomic E-state index is 0.537. The molecule has 0 aliphatic heterocycles. The third-order valence-electron chi connectivity index (χ3n) is 10.8. The lowest BCUT2D eigenvalue weighted by molar-refractivity contribution is 0.663. The summed E-state index contributed by atoms with van der Waals surface area (Å²) >= 11 is 0. The summed E-state index contributed by atoms with van der Waals surface area (Å²) < 4.78 is 22.3. The van der Waals surface area contributed by atoms with Gasteiger partial charge in [-0.2, -0.15) is 9.97 Å². The molecular weight excluding hydrogens is 645 g/mol. The monoisotopic (exact) mass is 666 g/mol. The van der Waals surface area contributed by atoms with E-state index >= 15 is 0 Å². The van der Waals surface area contributed by atoms with E-state index < -0.39 is 0 Å². The molecule has 5 aromatic heterocycles. The minimum atomic E-state index is 0.537. The first-order valence-electron chi connectivity index (χ1n) is 17.3. The standard InChI is InChI=1S/C45H22N4O3/c1-3-10-23(11-4-1)43-46-44(24-12-5-2-6-13-24)48-45(47-43)49-28-18-20-32-40-35-25(15-9-17-31(35)51-32)27-22-34-36(26-14-7-8-16-30(26)50-34)42-37(27)41-33(52-42)21-19-29(49)39(41)38(28)40/h1-22H. The number of furan rings is 3. The third-order valence-corrected chi connectivity index (χ3v) is 10.8. The van der Waals surface area contributed by atoms with E-state index in [1.54, 1.807) is 0 Å². The lowest BCUT2D eigenvalue weighted by Gasteiger charge is -2.10. The van der Waals surface area contributed by atoms with Crippen LogP contribution in [0.2, 0.25) is 0 Å². The summed E-state index contributed by atoms with van der Waals surface area (Å²) in [4.78, 5) is 15.4. The van der Waals surface area contributed by atoms with Crippen LogP contribution in [0.3, 0.4) is 0 Å². The third kappa shape index (κ3) is 3.24. The second-order valence-corrected chi connectivity index (χ2v) is 13.5. The maximum Gasteiger partial charge on any atom is 0.238 e. The minimum Gasteiger partial charge on any atom is -0.456 e. The highest BCUT2D eigenvalue weighted by Crippen LogP contribution is 2.51. The molecule has 5 heterocycles. The Morgan fingerprint density at radius 3 is 1.67 bits per heavy atom. The Balaban J connectivity index is 1.28. The average Bonchev–Trinajstić information content (AvgIpc) is 3.95. The van der Waals surface area contributed by atoms with E-state index in [0.29, 0.717) is 17.6 Å². The summed E-state index contributed by atoms with van der Waals surface area (Å²) in [5.74, 6) is 1.74. The summed E-state index contributed by atoms with van der Waals surface area (Å²) in [6.07, 6.45) is 0. The topological polar surface area (TPSA) is 83.0 Å². The highest BCUT2D eigenvalue weighted by atomic mass is 16.3. The molecule has 0 saturated heterocycles. The van der Waals surface area contributed by atoms with Crippen LogP contribution in [0.15, 0.2) is 147 Å². The van der Waals surface area contributed by atoms with Gasteiger partial charge in [0.1, 0.15) is 33.5 Å². The molecule has 52 heavy (non-hydrogen) atoms. The van der Waals surface area contributed by atoms with Gasteiger partial charge in [0, 0.05) is 48.8 Å². The molecule has 0 atom stereocenters. The van der Waals surface area contributed by atoms with Crippen LogP contribution in [-0.2, 0) is 0 Å². The van der Waals surface area contributed by atoms with Gasteiger partial charge in [0.05, 0.1) is 16.4 Å². The Bertz CT molecular complexity index is 3510. The van der Waals surface area contributed by atoms with Crippen molar-refractivity contribution in [3.63, 3.8) is 0 Å². The van der Waals surface area contributed by atoms with Crippen molar-refractivity contribution in [2.24, 2.45) is 0 Å². The van der Waals surface area contributed by atoms with Gasteiger partial charge < -0.3 is 13.3 Å². The molecule has 0 amide bonds. The molecule has 0 aliphatic carbocycles. The first-order valence-corrected chi connectivity index (χ1v) is 17.3. The molecule has 0 unspecified atom stereocenters. The number of para-hydroxylation sites is 1. The SMILES string of the molecule is c1ccc(-c2nc(-c3ccccc3)nc(-n3c4ccc5oc6cccc7c8cc9oc%10ccccc%10c9c9oc%10ccc3c(c%10c89)c4c5c67)n2)cc1. The number of hydrogen-bond donors (Lipinski definition) is 0. The molecule has 0 bridgehead atoms. The average molecular weight is 667 g/mol. The van der Waals surface area contributed by atoms with Crippen LogP contribution in [0.4, 0.5) is 0 Å². The number of fused-ring (bicyclic) bond motifs is 5.